The van der Waals surface area contributed by atoms with Crippen molar-refractivity contribution in [1.29, 1.82) is 0 Å². The zero-order valence-corrected chi connectivity index (χ0v) is 12.6. The summed E-state index contributed by atoms with van der Waals surface area (Å²) in [5, 5.41) is -1.32. The van der Waals surface area contributed by atoms with Crippen LogP contribution >= 0.6 is 0 Å². The summed E-state index contributed by atoms with van der Waals surface area (Å²) in [6.07, 6.45) is 1.80. The lowest BCUT2D eigenvalue weighted by Crippen LogP contribution is -2.34. The molecule has 0 saturated carbocycles. The van der Waals surface area contributed by atoms with Crippen molar-refractivity contribution in [1.82, 2.24) is 9.55 Å². The van der Waals surface area contributed by atoms with E-state index in [9.17, 15) is 13.2 Å². The molecule has 1 amide bonds. The first kappa shape index (κ1) is 15.7. The van der Waals surface area contributed by atoms with Crippen LogP contribution in [-0.2, 0) is 21.2 Å². The third-order valence-electron chi connectivity index (χ3n) is 3.28. The van der Waals surface area contributed by atoms with E-state index in [1.54, 1.807) is 11.5 Å². The van der Waals surface area contributed by atoms with Gasteiger partial charge in [0.1, 0.15) is 5.25 Å². The fourth-order valence-corrected chi connectivity index (χ4v) is 3.15. The molecule has 108 valence electrons. The van der Waals surface area contributed by atoms with Gasteiger partial charge < -0.3 is 10.3 Å². The molecule has 1 atom stereocenters. The first-order valence-electron chi connectivity index (χ1n) is 6.30. The van der Waals surface area contributed by atoms with E-state index < -0.39 is 21.0 Å². The molecular formula is C12H21N3O3S. The lowest BCUT2D eigenvalue weighted by atomic mass is 10.3. The summed E-state index contributed by atoms with van der Waals surface area (Å²) in [7, 11) is -3.82. The molecule has 0 aliphatic rings. The van der Waals surface area contributed by atoms with E-state index in [-0.39, 0.29) is 5.16 Å². The van der Waals surface area contributed by atoms with Crippen molar-refractivity contribution >= 4 is 15.7 Å². The Kier molecular flexibility index (Phi) is 4.73. The van der Waals surface area contributed by atoms with Gasteiger partial charge in [0.2, 0.25) is 20.9 Å². The Hall–Kier alpha value is -1.37. The van der Waals surface area contributed by atoms with E-state index in [1.165, 1.54) is 6.92 Å². The number of primary amides is 1. The molecule has 1 unspecified atom stereocenters. The number of rotatable bonds is 6. The van der Waals surface area contributed by atoms with Crippen molar-refractivity contribution in [2.24, 2.45) is 5.73 Å². The number of hydrogen-bond acceptors (Lipinski definition) is 4. The largest absolute Gasteiger partial charge is 0.369 e. The Bertz CT molecular complexity index is 575. The molecule has 1 heterocycles. The molecule has 6 nitrogen and oxygen atoms in total. The number of hydrogen-bond donors (Lipinski definition) is 1. The second-order valence-electron chi connectivity index (χ2n) is 4.66. The fourth-order valence-electron chi connectivity index (χ4n) is 1.73. The molecule has 1 rings (SSSR count). The van der Waals surface area contributed by atoms with Crippen molar-refractivity contribution in [2.75, 3.05) is 0 Å². The van der Waals surface area contributed by atoms with Crippen LogP contribution < -0.4 is 5.73 Å². The number of carbonyl (C=O) groups is 1. The highest BCUT2D eigenvalue weighted by Gasteiger charge is 2.33. The highest BCUT2D eigenvalue weighted by molar-refractivity contribution is 7.92. The Morgan fingerprint density at radius 3 is 2.47 bits per heavy atom. The van der Waals surface area contributed by atoms with Crippen LogP contribution in [0.15, 0.2) is 5.16 Å². The summed E-state index contributed by atoms with van der Waals surface area (Å²) >= 11 is 0. The molecular weight excluding hydrogens is 266 g/mol. The predicted molar refractivity (Wildman–Crippen MR) is 72.5 cm³/mol. The molecule has 0 fully saturated rings. The van der Waals surface area contributed by atoms with E-state index in [0.29, 0.717) is 12.2 Å². The number of unbranched alkanes of at least 4 members (excludes halogenated alkanes) is 1. The topological polar surface area (TPSA) is 95.0 Å². The highest BCUT2D eigenvalue weighted by atomic mass is 32.2. The van der Waals surface area contributed by atoms with Crippen LogP contribution in [0.25, 0.3) is 0 Å². The zero-order valence-electron chi connectivity index (χ0n) is 11.8. The minimum absolute atomic E-state index is 0.0535. The highest BCUT2D eigenvalue weighted by Crippen LogP contribution is 2.20. The van der Waals surface area contributed by atoms with Crippen LogP contribution in [-0.4, -0.2) is 29.1 Å². The molecule has 19 heavy (non-hydrogen) atoms. The fraction of sp³-hybridized carbons (Fsp3) is 0.667. The predicted octanol–water partition coefficient (Wildman–Crippen LogP) is 0.948. The summed E-state index contributed by atoms with van der Waals surface area (Å²) in [5.74, 6) is -0.861. The second kappa shape index (κ2) is 5.73. The van der Waals surface area contributed by atoms with Crippen LogP contribution in [0.2, 0.25) is 0 Å². The van der Waals surface area contributed by atoms with Crippen molar-refractivity contribution in [3.63, 3.8) is 0 Å². The average molecular weight is 287 g/mol. The molecule has 0 radical (unpaired) electrons. The maximum atomic E-state index is 12.3. The SMILES string of the molecule is CCCCn1c(S(=O)(=O)C(C)C(N)=O)nc(C)c1C. The normalized spacial score (nSPS) is 13.5. The van der Waals surface area contributed by atoms with Gasteiger partial charge in [0.15, 0.2) is 0 Å². The molecule has 2 N–H and O–H groups in total. The van der Waals surface area contributed by atoms with E-state index in [0.717, 1.165) is 18.5 Å². The Morgan fingerprint density at radius 1 is 1.42 bits per heavy atom. The zero-order chi connectivity index (χ0) is 14.8. The van der Waals surface area contributed by atoms with Crippen molar-refractivity contribution in [3.05, 3.63) is 11.4 Å². The quantitative estimate of drug-likeness (QED) is 0.842. The Labute approximate surface area is 113 Å². The molecule has 1 aromatic heterocycles. The van der Waals surface area contributed by atoms with Gasteiger partial charge in [0, 0.05) is 12.2 Å². The number of nitrogens with two attached hydrogens (primary N) is 1. The van der Waals surface area contributed by atoms with Gasteiger partial charge in [-0.05, 0) is 27.2 Å². The van der Waals surface area contributed by atoms with Crippen LogP contribution in [0.3, 0.4) is 0 Å². The first-order chi connectivity index (χ1) is 8.73. The number of amides is 1. The monoisotopic (exact) mass is 287 g/mol. The lowest BCUT2D eigenvalue weighted by Gasteiger charge is -2.12. The minimum atomic E-state index is -3.82. The molecule has 0 aliphatic carbocycles. The summed E-state index contributed by atoms with van der Waals surface area (Å²) in [5.41, 5.74) is 6.57. The molecule has 0 aliphatic heterocycles. The van der Waals surface area contributed by atoms with Crippen LogP contribution in [0.5, 0.6) is 0 Å². The number of aryl methyl sites for hydroxylation is 1. The van der Waals surface area contributed by atoms with Gasteiger partial charge >= 0.3 is 0 Å². The van der Waals surface area contributed by atoms with E-state index in [1.807, 2.05) is 13.8 Å². The smallest absolute Gasteiger partial charge is 0.235 e. The minimum Gasteiger partial charge on any atom is -0.369 e. The average Bonchev–Trinajstić information content (AvgIpc) is 2.63. The number of nitrogens with zero attached hydrogens (tertiary/aromatic N) is 2. The third kappa shape index (κ3) is 2.97. The molecule has 0 bridgehead atoms. The third-order valence-corrected chi connectivity index (χ3v) is 5.26. The Balaban J connectivity index is 3.34. The maximum absolute atomic E-state index is 12.3. The van der Waals surface area contributed by atoms with Crippen LogP contribution in [0.1, 0.15) is 38.1 Å². The molecule has 0 spiro atoms. The standard InChI is InChI=1S/C12H21N3O3S/c1-5-6-7-15-9(3)8(2)14-12(15)19(17,18)10(4)11(13)16/h10H,5-7H2,1-4H3,(H2,13,16). The lowest BCUT2D eigenvalue weighted by molar-refractivity contribution is -0.117. The van der Waals surface area contributed by atoms with Gasteiger partial charge in [0.05, 0.1) is 5.69 Å². The maximum Gasteiger partial charge on any atom is 0.235 e. The molecule has 0 saturated heterocycles. The number of carbonyl (C=O) groups excluding carboxylic acids is 1. The van der Waals surface area contributed by atoms with E-state index in [4.69, 9.17) is 5.73 Å². The summed E-state index contributed by atoms with van der Waals surface area (Å²) in [4.78, 5) is 15.2. The first-order valence-corrected chi connectivity index (χ1v) is 7.85. The molecule has 7 heteroatoms. The number of sulfone groups is 1. The van der Waals surface area contributed by atoms with Crippen molar-refractivity contribution in [2.45, 2.75) is 57.5 Å². The molecule has 1 aromatic rings. The van der Waals surface area contributed by atoms with Crippen molar-refractivity contribution in [3.8, 4) is 0 Å². The van der Waals surface area contributed by atoms with E-state index >= 15 is 0 Å². The van der Waals surface area contributed by atoms with E-state index in [2.05, 4.69) is 4.98 Å². The van der Waals surface area contributed by atoms with Gasteiger partial charge in [-0.3, -0.25) is 4.79 Å². The number of imidazole rings is 1. The van der Waals surface area contributed by atoms with Gasteiger partial charge in [-0.2, -0.15) is 0 Å². The second-order valence-corrected chi connectivity index (χ2v) is 6.82. The number of aromatic nitrogens is 2. The van der Waals surface area contributed by atoms with Gasteiger partial charge in [0.25, 0.3) is 0 Å². The molecule has 0 aromatic carbocycles. The summed E-state index contributed by atoms with van der Waals surface area (Å²) in [6.45, 7) is 7.47. The van der Waals surface area contributed by atoms with Crippen LogP contribution in [0, 0.1) is 13.8 Å². The van der Waals surface area contributed by atoms with Gasteiger partial charge in [-0.25, -0.2) is 13.4 Å². The van der Waals surface area contributed by atoms with Gasteiger partial charge in [-0.15, -0.1) is 0 Å². The van der Waals surface area contributed by atoms with Crippen molar-refractivity contribution < 1.29 is 13.2 Å². The summed E-state index contributed by atoms with van der Waals surface area (Å²) < 4.78 is 26.3. The van der Waals surface area contributed by atoms with Gasteiger partial charge in [-0.1, -0.05) is 13.3 Å². The Morgan fingerprint density at radius 2 is 2.00 bits per heavy atom. The van der Waals surface area contributed by atoms with Crippen LogP contribution in [0.4, 0.5) is 0 Å². The summed E-state index contributed by atoms with van der Waals surface area (Å²) in [6, 6.07) is 0.